The van der Waals surface area contributed by atoms with Gasteiger partial charge in [0.25, 0.3) is 0 Å². The third kappa shape index (κ3) is 3.45. The molecule has 1 N–H and O–H groups in total. The van der Waals surface area contributed by atoms with E-state index in [2.05, 4.69) is 0 Å². The quantitative estimate of drug-likeness (QED) is 0.493. The summed E-state index contributed by atoms with van der Waals surface area (Å²) >= 11 is 0. The van der Waals surface area contributed by atoms with Crippen LogP contribution in [0.5, 0.6) is 11.5 Å². The molecule has 96 valence electrons. The van der Waals surface area contributed by atoms with Crippen molar-refractivity contribution in [1.29, 1.82) is 0 Å². The first-order valence-electron chi connectivity index (χ1n) is 5.65. The Morgan fingerprint density at radius 1 is 1.28 bits per heavy atom. The van der Waals surface area contributed by atoms with Crippen LogP contribution >= 0.6 is 0 Å². The number of aromatic hydroxyl groups is 1. The van der Waals surface area contributed by atoms with Crippen LogP contribution in [0.1, 0.15) is 26.3 Å². The second kappa shape index (κ2) is 6.00. The van der Waals surface area contributed by atoms with E-state index in [4.69, 9.17) is 4.74 Å². The summed E-state index contributed by atoms with van der Waals surface area (Å²) in [6.07, 6.45) is 1.49. The average Bonchev–Trinajstić information content (AvgIpc) is 2.29. The molecule has 1 aromatic carbocycles. The van der Waals surface area contributed by atoms with E-state index in [0.717, 1.165) is 0 Å². The van der Waals surface area contributed by atoms with E-state index in [-0.39, 0.29) is 22.9 Å². The van der Waals surface area contributed by atoms with Crippen LogP contribution in [0.3, 0.4) is 0 Å². The topological polar surface area (TPSA) is 63.6 Å². The van der Waals surface area contributed by atoms with Gasteiger partial charge in [-0.25, -0.2) is 0 Å². The molecule has 1 rings (SSSR count). The molecule has 0 atom stereocenters. The number of Topliss-reactive ketones (excluding diaryl/α,β-unsaturated/α-hetero) is 2. The van der Waals surface area contributed by atoms with Crippen LogP contribution in [0, 0.1) is 0 Å². The molecular formula is C14H16O4. The van der Waals surface area contributed by atoms with Gasteiger partial charge in [-0.2, -0.15) is 0 Å². The summed E-state index contributed by atoms with van der Waals surface area (Å²) < 4.78 is 5.23. The number of rotatable bonds is 5. The maximum atomic E-state index is 11.3. The van der Waals surface area contributed by atoms with E-state index in [1.807, 2.05) is 0 Å². The van der Waals surface area contributed by atoms with Crippen LogP contribution in [-0.2, 0) is 9.59 Å². The Balaban J connectivity index is 3.17. The first-order chi connectivity index (χ1) is 8.45. The standard InChI is InChI=1S/C14H16O4/c1-4-18-14-8-11(5-6-13(14)17)7-12(9(2)15)10(3)16/h5-8,17H,4H2,1-3H3. The zero-order chi connectivity index (χ0) is 13.7. The predicted molar refractivity (Wildman–Crippen MR) is 68.6 cm³/mol. The van der Waals surface area contributed by atoms with Crippen molar-refractivity contribution in [2.45, 2.75) is 20.8 Å². The highest BCUT2D eigenvalue weighted by molar-refractivity contribution is 6.21. The molecule has 0 aliphatic heterocycles. The maximum absolute atomic E-state index is 11.3. The van der Waals surface area contributed by atoms with Crippen molar-refractivity contribution >= 4 is 17.6 Å². The van der Waals surface area contributed by atoms with Gasteiger partial charge in [0, 0.05) is 0 Å². The molecule has 0 bridgehead atoms. The number of ether oxygens (including phenoxy) is 1. The van der Waals surface area contributed by atoms with Crippen LogP contribution in [0.4, 0.5) is 0 Å². The van der Waals surface area contributed by atoms with Gasteiger partial charge < -0.3 is 9.84 Å². The smallest absolute Gasteiger partial charge is 0.163 e. The normalized spacial score (nSPS) is 9.72. The number of allylic oxidation sites excluding steroid dienone is 1. The molecule has 0 unspecified atom stereocenters. The zero-order valence-corrected chi connectivity index (χ0v) is 10.7. The third-order valence-corrected chi connectivity index (χ3v) is 2.35. The Morgan fingerprint density at radius 3 is 2.39 bits per heavy atom. The molecule has 0 saturated heterocycles. The monoisotopic (exact) mass is 248 g/mol. The van der Waals surface area contributed by atoms with Gasteiger partial charge in [-0.3, -0.25) is 9.59 Å². The van der Waals surface area contributed by atoms with Gasteiger partial charge in [0.1, 0.15) is 0 Å². The Hall–Kier alpha value is -2.10. The highest BCUT2D eigenvalue weighted by Gasteiger charge is 2.10. The van der Waals surface area contributed by atoms with Crippen LogP contribution < -0.4 is 4.74 Å². The third-order valence-electron chi connectivity index (χ3n) is 2.35. The first kappa shape index (κ1) is 14.0. The van der Waals surface area contributed by atoms with Crippen molar-refractivity contribution in [2.75, 3.05) is 6.61 Å². The molecule has 0 aliphatic rings. The molecule has 0 radical (unpaired) electrons. The van der Waals surface area contributed by atoms with Crippen molar-refractivity contribution in [3.05, 3.63) is 29.3 Å². The van der Waals surface area contributed by atoms with Crippen LogP contribution in [0.2, 0.25) is 0 Å². The fourth-order valence-electron chi connectivity index (χ4n) is 1.51. The number of hydrogen-bond acceptors (Lipinski definition) is 4. The van der Waals surface area contributed by atoms with Crippen molar-refractivity contribution in [3.8, 4) is 11.5 Å². The van der Waals surface area contributed by atoms with Gasteiger partial charge in [0.15, 0.2) is 23.1 Å². The number of phenols is 1. The lowest BCUT2D eigenvalue weighted by molar-refractivity contribution is -0.119. The number of carbonyl (C=O) groups is 2. The van der Waals surface area contributed by atoms with Gasteiger partial charge in [-0.05, 0) is 44.5 Å². The minimum atomic E-state index is -0.284. The Labute approximate surface area is 106 Å². The second-order valence-electron chi connectivity index (χ2n) is 3.83. The van der Waals surface area contributed by atoms with Gasteiger partial charge in [0.05, 0.1) is 12.2 Å². The lowest BCUT2D eigenvalue weighted by Crippen LogP contribution is -2.05. The van der Waals surface area contributed by atoms with Crippen molar-refractivity contribution in [3.63, 3.8) is 0 Å². The number of carbonyl (C=O) groups excluding carboxylic acids is 2. The summed E-state index contributed by atoms with van der Waals surface area (Å²) in [5, 5.41) is 9.54. The molecule has 0 spiro atoms. The highest BCUT2D eigenvalue weighted by atomic mass is 16.5. The van der Waals surface area contributed by atoms with Crippen LogP contribution in [0.15, 0.2) is 23.8 Å². The van der Waals surface area contributed by atoms with E-state index in [0.29, 0.717) is 17.9 Å². The molecule has 1 aromatic rings. The number of ketones is 2. The molecular weight excluding hydrogens is 232 g/mol. The van der Waals surface area contributed by atoms with E-state index >= 15 is 0 Å². The molecule has 18 heavy (non-hydrogen) atoms. The molecule has 0 fully saturated rings. The van der Waals surface area contributed by atoms with E-state index in [1.54, 1.807) is 19.1 Å². The molecule has 4 nitrogen and oxygen atoms in total. The number of phenolic OH excluding ortho intramolecular Hbond substituents is 1. The second-order valence-corrected chi connectivity index (χ2v) is 3.83. The van der Waals surface area contributed by atoms with Crippen LogP contribution in [-0.4, -0.2) is 23.3 Å². The van der Waals surface area contributed by atoms with E-state index < -0.39 is 0 Å². The van der Waals surface area contributed by atoms with Crippen molar-refractivity contribution in [2.24, 2.45) is 0 Å². The lowest BCUT2D eigenvalue weighted by atomic mass is 10.0. The van der Waals surface area contributed by atoms with Gasteiger partial charge in [0.2, 0.25) is 0 Å². The fourth-order valence-corrected chi connectivity index (χ4v) is 1.51. The molecule has 0 heterocycles. The van der Waals surface area contributed by atoms with Gasteiger partial charge in [-0.15, -0.1) is 0 Å². The predicted octanol–water partition coefficient (Wildman–Crippen LogP) is 2.35. The maximum Gasteiger partial charge on any atom is 0.163 e. The Kier molecular flexibility index (Phi) is 4.66. The SMILES string of the molecule is CCOc1cc(C=C(C(C)=O)C(C)=O)ccc1O. The highest BCUT2D eigenvalue weighted by Crippen LogP contribution is 2.27. The summed E-state index contributed by atoms with van der Waals surface area (Å²) in [5.41, 5.74) is 0.764. The first-order valence-corrected chi connectivity index (χ1v) is 5.65. The summed E-state index contributed by atoms with van der Waals surface area (Å²) in [5.74, 6) is -0.207. The van der Waals surface area contributed by atoms with Crippen molar-refractivity contribution < 1.29 is 19.4 Å². The van der Waals surface area contributed by atoms with E-state index in [9.17, 15) is 14.7 Å². The molecule has 0 saturated carbocycles. The van der Waals surface area contributed by atoms with Crippen LogP contribution in [0.25, 0.3) is 6.08 Å². The Morgan fingerprint density at radius 2 is 1.89 bits per heavy atom. The lowest BCUT2D eigenvalue weighted by Gasteiger charge is -2.07. The largest absolute Gasteiger partial charge is 0.504 e. The summed E-state index contributed by atoms with van der Waals surface area (Å²) in [6.45, 7) is 4.92. The van der Waals surface area contributed by atoms with Gasteiger partial charge >= 0.3 is 0 Å². The average molecular weight is 248 g/mol. The summed E-state index contributed by atoms with van der Waals surface area (Å²) in [6, 6.07) is 4.67. The molecule has 0 aliphatic carbocycles. The minimum Gasteiger partial charge on any atom is -0.504 e. The van der Waals surface area contributed by atoms with Crippen molar-refractivity contribution in [1.82, 2.24) is 0 Å². The summed E-state index contributed by atoms with van der Waals surface area (Å²) in [4.78, 5) is 22.6. The molecule has 0 amide bonds. The molecule has 4 heteroatoms. The number of benzene rings is 1. The number of hydrogen-bond donors (Lipinski definition) is 1. The van der Waals surface area contributed by atoms with E-state index in [1.165, 1.54) is 26.0 Å². The zero-order valence-electron chi connectivity index (χ0n) is 10.7. The summed E-state index contributed by atoms with van der Waals surface area (Å²) in [7, 11) is 0. The molecule has 0 aromatic heterocycles. The minimum absolute atomic E-state index is 0.0289. The Bertz CT molecular complexity index is 485. The van der Waals surface area contributed by atoms with Gasteiger partial charge in [-0.1, -0.05) is 6.07 Å². The fraction of sp³-hybridized carbons (Fsp3) is 0.286.